The average Bonchev–Trinajstić information content (AvgIpc) is 3.17. The van der Waals surface area contributed by atoms with E-state index < -0.39 is 12.1 Å². The largest absolute Gasteiger partial charge is 0.490 e. The quantitative estimate of drug-likeness (QED) is 0.726. The van der Waals surface area contributed by atoms with Crippen molar-refractivity contribution >= 4 is 11.9 Å². The van der Waals surface area contributed by atoms with Gasteiger partial charge < -0.3 is 24.0 Å². The molecule has 1 aliphatic carbocycles. The van der Waals surface area contributed by atoms with Crippen molar-refractivity contribution in [3.05, 3.63) is 47.8 Å². The van der Waals surface area contributed by atoms with Crippen LogP contribution in [0.3, 0.4) is 0 Å². The third kappa shape index (κ3) is 4.44. The van der Waals surface area contributed by atoms with E-state index in [9.17, 15) is 18.0 Å². The monoisotopic (exact) mass is 479 g/mol. The van der Waals surface area contributed by atoms with Gasteiger partial charge in [0, 0.05) is 32.4 Å². The lowest BCUT2D eigenvalue weighted by atomic mass is 10.1. The van der Waals surface area contributed by atoms with Gasteiger partial charge in [0.2, 0.25) is 6.79 Å². The highest BCUT2D eigenvalue weighted by molar-refractivity contribution is 5.94. The zero-order valence-corrected chi connectivity index (χ0v) is 18.2. The molecule has 8 nitrogen and oxygen atoms in total. The number of amides is 1. The van der Waals surface area contributed by atoms with E-state index in [1.165, 1.54) is 18.4 Å². The lowest BCUT2D eigenvalue weighted by Crippen LogP contribution is -2.51. The van der Waals surface area contributed by atoms with Crippen LogP contribution in [-0.4, -0.2) is 70.0 Å². The molecule has 1 aromatic carbocycles. The fourth-order valence-corrected chi connectivity index (χ4v) is 4.81. The number of hydrogen-bond acceptors (Lipinski definition) is 5. The molecule has 4 aliphatic rings. The number of fused-ring (bicyclic) bond motifs is 4. The molecule has 11 heteroatoms. The number of carbonyl (C=O) groups excluding carboxylic acids is 1. The molecule has 6 rings (SSSR count). The molecule has 1 aromatic heterocycles. The molecule has 2 unspecified atom stereocenters. The Morgan fingerprint density at radius 3 is 2.50 bits per heavy atom. The average molecular weight is 479 g/mol. The first-order valence-electron chi connectivity index (χ1n) is 11.1. The van der Waals surface area contributed by atoms with Crippen molar-refractivity contribution in [1.82, 2.24) is 14.4 Å². The fraction of sp³-hybridized carbons (Fsp3) is 0.478. The SMILES string of the molecule is O=C(O)C(F)(F)F.O=C1c2cccn2C2CN(Cc3ccc4c(c3)OCO4)CC2N1CC1CC1. The standard InChI is InChI=1S/C21H23N3O3.C2HF3O2/c25-21-16-2-1-7-23(16)17-11-22(12-18(17)24(21)10-14-3-4-14)9-15-5-6-19-20(8-15)27-13-26-19;3-2(4,5)1(6)7/h1-2,5-8,14,17-18H,3-4,9-13H2;(H,6,7). The van der Waals surface area contributed by atoms with Gasteiger partial charge in [0.25, 0.3) is 5.91 Å². The maximum atomic E-state index is 13.0. The van der Waals surface area contributed by atoms with Crippen molar-refractivity contribution in [2.45, 2.75) is 37.6 Å². The Hall–Kier alpha value is -3.21. The van der Waals surface area contributed by atoms with Crippen LogP contribution in [0.15, 0.2) is 36.5 Å². The molecule has 2 aromatic rings. The molecule has 2 fully saturated rings. The molecule has 1 N–H and O–H groups in total. The van der Waals surface area contributed by atoms with E-state index in [1.54, 1.807) is 0 Å². The summed E-state index contributed by atoms with van der Waals surface area (Å²) in [7, 11) is 0. The normalized spacial score (nSPS) is 23.3. The molecule has 1 amide bonds. The van der Waals surface area contributed by atoms with Gasteiger partial charge in [-0.2, -0.15) is 13.2 Å². The van der Waals surface area contributed by atoms with Gasteiger partial charge in [-0.15, -0.1) is 0 Å². The summed E-state index contributed by atoms with van der Waals surface area (Å²) in [5, 5.41) is 7.12. The zero-order valence-electron chi connectivity index (χ0n) is 18.2. The van der Waals surface area contributed by atoms with E-state index in [-0.39, 0.29) is 11.9 Å². The molecule has 34 heavy (non-hydrogen) atoms. The van der Waals surface area contributed by atoms with Crippen LogP contribution in [0, 0.1) is 5.92 Å². The second kappa shape index (κ2) is 8.53. The summed E-state index contributed by atoms with van der Waals surface area (Å²) in [6.07, 6.45) is -0.477. The predicted molar refractivity (Wildman–Crippen MR) is 113 cm³/mol. The van der Waals surface area contributed by atoms with Crippen molar-refractivity contribution in [2.75, 3.05) is 26.4 Å². The van der Waals surface area contributed by atoms with E-state index >= 15 is 0 Å². The van der Waals surface area contributed by atoms with E-state index in [2.05, 4.69) is 32.7 Å². The Kier molecular flexibility index (Phi) is 5.67. The number of ether oxygens (including phenoxy) is 2. The summed E-state index contributed by atoms with van der Waals surface area (Å²) in [6.45, 7) is 3.99. The van der Waals surface area contributed by atoms with E-state index in [0.717, 1.165) is 43.4 Å². The van der Waals surface area contributed by atoms with Gasteiger partial charge in [0.15, 0.2) is 11.5 Å². The topological polar surface area (TPSA) is 84.2 Å². The Balaban J connectivity index is 0.000000304. The summed E-state index contributed by atoms with van der Waals surface area (Å²) >= 11 is 0. The van der Waals surface area contributed by atoms with Crippen molar-refractivity contribution in [3.8, 4) is 11.5 Å². The number of benzene rings is 1. The second-order valence-electron chi connectivity index (χ2n) is 9.02. The van der Waals surface area contributed by atoms with Gasteiger partial charge in [0.1, 0.15) is 5.69 Å². The van der Waals surface area contributed by atoms with Crippen LogP contribution in [0.5, 0.6) is 11.5 Å². The lowest BCUT2D eigenvalue weighted by Gasteiger charge is -2.38. The van der Waals surface area contributed by atoms with E-state index in [0.29, 0.717) is 18.8 Å². The molecule has 1 saturated carbocycles. The van der Waals surface area contributed by atoms with Crippen LogP contribution in [0.2, 0.25) is 0 Å². The minimum atomic E-state index is -5.08. The number of halogens is 3. The number of aliphatic carboxylic acids is 1. The molecule has 182 valence electrons. The first kappa shape index (κ1) is 22.6. The number of carbonyl (C=O) groups is 2. The van der Waals surface area contributed by atoms with E-state index in [1.807, 2.05) is 18.2 Å². The Labute approximate surface area is 193 Å². The number of hydrogen-bond donors (Lipinski definition) is 1. The maximum Gasteiger partial charge on any atom is 0.490 e. The van der Waals surface area contributed by atoms with Gasteiger partial charge in [-0.3, -0.25) is 9.69 Å². The van der Waals surface area contributed by atoms with Gasteiger partial charge in [-0.05, 0) is 48.6 Å². The number of alkyl halides is 3. The van der Waals surface area contributed by atoms with Crippen LogP contribution in [0.1, 0.15) is 34.9 Å². The highest BCUT2D eigenvalue weighted by atomic mass is 19.4. The molecule has 1 saturated heterocycles. The number of carboxylic acid groups (broad SMARTS) is 1. The van der Waals surface area contributed by atoms with Crippen LogP contribution < -0.4 is 9.47 Å². The highest BCUT2D eigenvalue weighted by Gasteiger charge is 2.46. The highest BCUT2D eigenvalue weighted by Crippen LogP contribution is 2.39. The molecule has 0 bridgehead atoms. The molecule has 4 heterocycles. The summed E-state index contributed by atoms with van der Waals surface area (Å²) in [5.74, 6) is -0.182. The van der Waals surface area contributed by atoms with Gasteiger partial charge in [0.05, 0.1) is 12.1 Å². The van der Waals surface area contributed by atoms with Crippen molar-refractivity contribution in [2.24, 2.45) is 5.92 Å². The smallest absolute Gasteiger partial charge is 0.475 e. The first-order valence-corrected chi connectivity index (χ1v) is 11.1. The minimum Gasteiger partial charge on any atom is -0.475 e. The van der Waals surface area contributed by atoms with Crippen LogP contribution in [-0.2, 0) is 11.3 Å². The third-order valence-electron chi connectivity index (χ3n) is 6.59. The third-order valence-corrected chi connectivity index (χ3v) is 6.59. The van der Waals surface area contributed by atoms with Gasteiger partial charge >= 0.3 is 12.1 Å². The fourth-order valence-electron chi connectivity index (χ4n) is 4.81. The molecule has 0 spiro atoms. The Morgan fingerprint density at radius 2 is 1.79 bits per heavy atom. The van der Waals surface area contributed by atoms with Crippen LogP contribution in [0.4, 0.5) is 13.2 Å². The number of nitrogens with zero attached hydrogens (tertiary/aromatic N) is 3. The van der Waals surface area contributed by atoms with Crippen molar-refractivity contribution < 1.29 is 37.3 Å². The summed E-state index contributed by atoms with van der Waals surface area (Å²) in [4.78, 5) is 26.6. The second-order valence-corrected chi connectivity index (χ2v) is 9.02. The van der Waals surface area contributed by atoms with E-state index in [4.69, 9.17) is 19.4 Å². The Bertz CT molecular complexity index is 1100. The van der Waals surface area contributed by atoms with Crippen LogP contribution >= 0.6 is 0 Å². The lowest BCUT2D eigenvalue weighted by molar-refractivity contribution is -0.192. The zero-order chi connectivity index (χ0) is 24.0. The Morgan fingerprint density at radius 1 is 1.09 bits per heavy atom. The summed E-state index contributed by atoms with van der Waals surface area (Å²) in [6, 6.07) is 10.8. The van der Waals surface area contributed by atoms with Crippen molar-refractivity contribution in [1.29, 1.82) is 0 Å². The number of aromatic nitrogens is 1. The predicted octanol–water partition coefficient (Wildman–Crippen LogP) is 3.14. The van der Waals surface area contributed by atoms with Gasteiger partial charge in [-0.25, -0.2) is 4.79 Å². The van der Waals surface area contributed by atoms with Crippen molar-refractivity contribution in [3.63, 3.8) is 0 Å². The summed E-state index contributed by atoms with van der Waals surface area (Å²) < 4.78 is 44.9. The maximum absolute atomic E-state index is 13.0. The number of rotatable bonds is 4. The molecular formula is C23H24F3N3O5. The molecule has 0 radical (unpaired) electrons. The first-order chi connectivity index (χ1) is 16.2. The van der Waals surface area contributed by atoms with Crippen LogP contribution in [0.25, 0.3) is 0 Å². The molecular weight excluding hydrogens is 455 g/mol. The summed E-state index contributed by atoms with van der Waals surface area (Å²) in [5.41, 5.74) is 2.08. The number of carboxylic acids is 1. The molecule has 2 atom stereocenters. The number of likely N-dealkylation sites (tertiary alicyclic amines) is 1. The van der Waals surface area contributed by atoms with Gasteiger partial charge in [-0.1, -0.05) is 6.07 Å². The minimum absolute atomic E-state index is 0.207. The molecule has 3 aliphatic heterocycles.